The number of benzene rings is 1. The Hall–Kier alpha value is -2.93. The first-order valence-electron chi connectivity index (χ1n) is 12.3. The van der Waals surface area contributed by atoms with Gasteiger partial charge in [-0.3, -0.25) is 9.36 Å². The van der Waals surface area contributed by atoms with E-state index >= 15 is 0 Å². The zero-order valence-electron chi connectivity index (χ0n) is 19.6. The van der Waals surface area contributed by atoms with Crippen molar-refractivity contribution in [2.24, 2.45) is 11.8 Å². The number of nitrogens with zero attached hydrogens (tertiary/aromatic N) is 4. The summed E-state index contributed by atoms with van der Waals surface area (Å²) < 4.78 is 1.91. The molecule has 1 aliphatic carbocycles. The zero-order valence-corrected chi connectivity index (χ0v) is 19.6. The molecule has 33 heavy (non-hydrogen) atoms. The first-order valence-corrected chi connectivity index (χ1v) is 12.3. The van der Waals surface area contributed by atoms with E-state index in [-0.39, 0.29) is 11.6 Å². The molecule has 5 rings (SSSR count). The van der Waals surface area contributed by atoms with Gasteiger partial charge in [0, 0.05) is 61.2 Å². The molecular weight excluding hydrogens is 412 g/mol. The summed E-state index contributed by atoms with van der Waals surface area (Å²) in [5.41, 5.74) is 2.92. The molecule has 2 aromatic heterocycles. The van der Waals surface area contributed by atoms with Crippen molar-refractivity contribution in [1.29, 1.82) is 0 Å². The number of aromatic nitrogens is 3. The Morgan fingerprint density at radius 1 is 1.00 bits per heavy atom. The average molecular weight is 447 g/mol. The Balaban J connectivity index is 1.38. The molecule has 2 aliphatic rings. The molecule has 7 nitrogen and oxygen atoms in total. The average Bonchev–Trinajstić information content (AvgIpc) is 2.85. The lowest BCUT2D eigenvalue weighted by Gasteiger charge is -2.32. The molecule has 7 heteroatoms. The van der Waals surface area contributed by atoms with Crippen LogP contribution in [0.2, 0.25) is 0 Å². The molecule has 1 aromatic carbocycles. The van der Waals surface area contributed by atoms with Gasteiger partial charge in [-0.1, -0.05) is 13.8 Å². The van der Waals surface area contributed by atoms with Gasteiger partial charge in [0.1, 0.15) is 5.65 Å². The van der Waals surface area contributed by atoms with Crippen molar-refractivity contribution in [2.45, 2.75) is 45.6 Å². The zero-order chi connectivity index (χ0) is 22.8. The molecule has 0 radical (unpaired) electrons. The van der Waals surface area contributed by atoms with E-state index in [1.54, 1.807) is 6.07 Å². The third-order valence-corrected chi connectivity index (χ3v) is 7.32. The van der Waals surface area contributed by atoms with Crippen LogP contribution in [0.3, 0.4) is 0 Å². The van der Waals surface area contributed by atoms with Crippen LogP contribution < -0.4 is 21.1 Å². The maximum atomic E-state index is 12.9. The molecule has 0 unspecified atom stereocenters. The molecule has 1 saturated heterocycles. The van der Waals surface area contributed by atoms with Crippen LogP contribution in [0.15, 0.2) is 47.4 Å². The second-order valence-corrected chi connectivity index (χ2v) is 9.74. The van der Waals surface area contributed by atoms with E-state index < -0.39 is 0 Å². The van der Waals surface area contributed by atoms with Crippen molar-refractivity contribution >= 4 is 28.4 Å². The summed E-state index contributed by atoms with van der Waals surface area (Å²) in [6.45, 7) is 8.69. The molecule has 1 saturated carbocycles. The van der Waals surface area contributed by atoms with Gasteiger partial charge in [0.2, 0.25) is 5.95 Å². The number of hydrogen-bond donors (Lipinski definition) is 2. The van der Waals surface area contributed by atoms with Gasteiger partial charge in [-0.25, -0.2) is 4.98 Å². The standard InChI is InChI=1S/C26H34N6O/c1-18(2)19-3-8-23(9-4-19)32-24(33)12-5-20-17-28-26(30-25(20)32)29-21-6-10-22(11-7-21)31-15-13-27-14-16-31/h5-7,10-12,17-19,23,27H,3-4,8-9,13-16H2,1-2H3,(H,28,29,30). The lowest BCUT2D eigenvalue weighted by molar-refractivity contribution is 0.226. The monoisotopic (exact) mass is 446 g/mol. The molecule has 0 atom stereocenters. The van der Waals surface area contributed by atoms with E-state index in [4.69, 9.17) is 4.98 Å². The Morgan fingerprint density at radius 2 is 1.73 bits per heavy atom. The molecule has 174 valence electrons. The lowest BCUT2D eigenvalue weighted by Crippen LogP contribution is -2.43. The van der Waals surface area contributed by atoms with Gasteiger partial charge in [-0.05, 0) is 67.9 Å². The van der Waals surface area contributed by atoms with Crippen molar-refractivity contribution < 1.29 is 0 Å². The van der Waals surface area contributed by atoms with Gasteiger partial charge in [0.15, 0.2) is 0 Å². The summed E-state index contributed by atoms with van der Waals surface area (Å²) in [7, 11) is 0. The Bertz CT molecular complexity index is 1140. The molecule has 3 aromatic rings. The lowest BCUT2D eigenvalue weighted by atomic mass is 9.79. The molecule has 3 heterocycles. The van der Waals surface area contributed by atoms with E-state index in [1.807, 2.05) is 16.8 Å². The summed E-state index contributed by atoms with van der Waals surface area (Å²) in [6.07, 6.45) is 6.21. The second kappa shape index (κ2) is 9.51. The topological polar surface area (TPSA) is 75.1 Å². The number of anilines is 3. The van der Waals surface area contributed by atoms with E-state index in [2.05, 4.69) is 58.6 Å². The van der Waals surface area contributed by atoms with Crippen molar-refractivity contribution in [1.82, 2.24) is 19.9 Å². The quantitative estimate of drug-likeness (QED) is 0.608. The number of nitrogens with one attached hydrogen (secondary N) is 2. The smallest absolute Gasteiger partial charge is 0.252 e. The number of piperazine rings is 1. The minimum Gasteiger partial charge on any atom is -0.369 e. The van der Waals surface area contributed by atoms with Crippen molar-refractivity contribution in [3.8, 4) is 0 Å². The van der Waals surface area contributed by atoms with Gasteiger partial charge < -0.3 is 15.5 Å². The van der Waals surface area contributed by atoms with Gasteiger partial charge in [-0.2, -0.15) is 4.98 Å². The van der Waals surface area contributed by atoms with Crippen LogP contribution in [0, 0.1) is 11.8 Å². The van der Waals surface area contributed by atoms with Gasteiger partial charge in [0.25, 0.3) is 5.56 Å². The van der Waals surface area contributed by atoms with Crippen LogP contribution in [-0.2, 0) is 0 Å². The van der Waals surface area contributed by atoms with Crippen LogP contribution >= 0.6 is 0 Å². The predicted octanol–water partition coefficient (Wildman–Crippen LogP) is 4.33. The molecule has 1 aliphatic heterocycles. The molecule has 0 amide bonds. The summed E-state index contributed by atoms with van der Waals surface area (Å²) >= 11 is 0. The number of rotatable bonds is 5. The van der Waals surface area contributed by atoms with E-state index in [0.29, 0.717) is 11.9 Å². The van der Waals surface area contributed by atoms with Crippen LogP contribution in [0.25, 0.3) is 11.0 Å². The summed E-state index contributed by atoms with van der Waals surface area (Å²) in [6, 6.07) is 12.1. The second-order valence-electron chi connectivity index (χ2n) is 9.74. The van der Waals surface area contributed by atoms with E-state index in [1.165, 1.54) is 18.5 Å². The van der Waals surface area contributed by atoms with Crippen molar-refractivity contribution in [2.75, 3.05) is 36.4 Å². The third kappa shape index (κ3) is 4.74. The fraction of sp³-hybridized carbons (Fsp3) is 0.500. The molecular formula is C26H34N6O. The number of hydrogen-bond acceptors (Lipinski definition) is 6. The maximum absolute atomic E-state index is 12.9. The van der Waals surface area contributed by atoms with Crippen molar-refractivity contribution in [3.05, 3.63) is 52.9 Å². The predicted molar refractivity (Wildman–Crippen MR) is 134 cm³/mol. The molecule has 2 N–H and O–H groups in total. The normalized spacial score (nSPS) is 21.5. The summed E-state index contributed by atoms with van der Waals surface area (Å²) in [4.78, 5) is 24.6. The first kappa shape index (κ1) is 21.9. The minimum absolute atomic E-state index is 0.0283. The molecule has 0 spiro atoms. The first-order chi connectivity index (χ1) is 16.1. The van der Waals surface area contributed by atoms with Crippen LogP contribution in [0.5, 0.6) is 0 Å². The summed E-state index contributed by atoms with van der Waals surface area (Å²) in [5.74, 6) is 1.97. The van der Waals surface area contributed by atoms with Crippen LogP contribution in [0.1, 0.15) is 45.6 Å². The number of fused-ring (bicyclic) bond motifs is 1. The summed E-state index contributed by atoms with van der Waals surface area (Å²) in [5, 5.41) is 7.62. The Kier molecular flexibility index (Phi) is 6.31. The minimum atomic E-state index is 0.0283. The van der Waals surface area contributed by atoms with Crippen LogP contribution in [-0.4, -0.2) is 40.7 Å². The molecule has 0 bridgehead atoms. The van der Waals surface area contributed by atoms with Gasteiger partial charge >= 0.3 is 0 Å². The Labute approximate surface area is 195 Å². The highest BCUT2D eigenvalue weighted by Gasteiger charge is 2.26. The fourth-order valence-electron chi connectivity index (χ4n) is 5.29. The van der Waals surface area contributed by atoms with E-state index in [9.17, 15) is 4.79 Å². The fourth-order valence-corrected chi connectivity index (χ4v) is 5.29. The molecule has 2 fully saturated rings. The highest BCUT2D eigenvalue weighted by molar-refractivity contribution is 5.76. The highest BCUT2D eigenvalue weighted by atomic mass is 16.1. The SMILES string of the molecule is CC(C)C1CCC(n2c(=O)ccc3cnc(Nc4ccc(N5CCNCC5)cc4)nc32)CC1. The van der Waals surface area contributed by atoms with Crippen LogP contribution in [0.4, 0.5) is 17.3 Å². The van der Waals surface area contributed by atoms with E-state index in [0.717, 1.165) is 61.7 Å². The van der Waals surface area contributed by atoms with Gasteiger partial charge in [-0.15, -0.1) is 0 Å². The maximum Gasteiger partial charge on any atom is 0.252 e. The third-order valence-electron chi connectivity index (χ3n) is 7.32. The largest absolute Gasteiger partial charge is 0.369 e. The van der Waals surface area contributed by atoms with Gasteiger partial charge in [0.05, 0.1) is 0 Å². The van der Waals surface area contributed by atoms with Crippen molar-refractivity contribution in [3.63, 3.8) is 0 Å². The Morgan fingerprint density at radius 3 is 2.42 bits per heavy atom. The number of pyridine rings is 1. The highest BCUT2D eigenvalue weighted by Crippen LogP contribution is 2.36.